The number of ether oxygens (including phenoxy) is 1. The Morgan fingerprint density at radius 1 is 1.43 bits per heavy atom. The van der Waals surface area contributed by atoms with Crippen LogP contribution in [0.25, 0.3) is 0 Å². The predicted molar refractivity (Wildman–Crippen MR) is 88.2 cm³/mol. The molecule has 23 heavy (non-hydrogen) atoms. The number of hydrogen-bond acceptors (Lipinski definition) is 5. The van der Waals surface area contributed by atoms with E-state index in [-0.39, 0.29) is 12.5 Å². The first-order valence-electron chi connectivity index (χ1n) is 7.86. The molecule has 2 rings (SSSR count). The van der Waals surface area contributed by atoms with E-state index in [0.717, 1.165) is 31.2 Å². The molecule has 6 heteroatoms. The molecule has 5 nitrogen and oxygen atoms in total. The highest BCUT2D eigenvalue weighted by Gasteiger charge is 2.30. The van der Waals surface area contributed by atoms with Gasteiger partial charge in [-0.25, -0.2) is 4.79 Å². The highest BCUT2D eigenvalue weighted by molar-refractivity contribution is 7.10. The van der Waals surface area contributed by atoms with Gasteiger partial charge >= 0.3 is 5.97 Å². The lowest BCUT2D eigenvalue weighted by Crippen LogP contribution is -2.50. The van der Waals surface area contributed by atoms with Crippen LogP contribution in [0.15, 0.2) is 5.38 Å². The molecule has 1 atom stereocenters. The lowest BCUT2D eigenvalue weighted by atomic mass is 9.90. The molecule has 0 saturated carbocycles. The minimum atomic E-state index is -0.967. The second-order valence-electron chi connectivity index (χ2n) is 6.35. The summed E-state index contributed by atoms with van der Waals surface area (Å²) in [5.41, 5.74) is 0.700. The van der Waals surface area contributed by atoms with Crippen LogP contribution in [0.4, 0.5) is 0 Å². The minimum absolute atomic E-state index is 0.0453. The highest BCUT2D eigenvalue weighted by atomic mass is 32.1. The molecule has 0 aromatic carbocycles. The van der Waals surface area contributed by atoms with Gasteiger partial charge in [-0.15, -0.1) is 11.3 Å². The van der Waals surface area contributed by atoms with E-state index in [2.05, 4.69) is 11.4 Å². The normalized spacial score (nSPS) is 16.1. The molecule has 0 aliphatic heterocycles. The highest BCUT2D eigenvalue weighted by Crippen LogP contribution is 2.30. The SMILES string of the molecule is CC(C)[C@](C)(C#N)NC(=O)COC(=O)c1csc2c1CCCC2. The van der Waals surface area contributed by atoms with Gasteiger partial charge < -0.3 is 10.1 Å². The van der Waals surface area contributed by atoms with Crippen molar-refractivity contribution in [3.05, 3.63) is 21.4 Å². The molecule has 1 amide bonds. The monoisotopic (exact) mass is 334 g/mol. The Hall–Kier alpha value is -1.87. The van der Waals surface area contributed by atoms with Crippen LogP contribution in [-0.4, -0.2) is 24.0 Å². The van der Waals surface area contributed by atoms with Crippen LogP contribution < -0.4 is 5.32 Å². The molecule has 1 aromatic heterocycles. The van der Waals surface area contributed by atoms with Gasteiger partial charge in [0.2, 0.25) is 0 Å². The summed E-state index contributed by atoms with van der Waals surface area (Å²) >= 11 is 1.59. The largest absolute Gasteiger partial charge is 0.452 e. The number of carbonyl (C=O) groups is 2. The molecule has 1 N–H and O–H groups in total. The Bertz CT molecular complexity index is 645. The van der Waals surface area contributed by atoms with Crippen LogP contribution in [0.3, 0.4) is 0 Å². The van der Waals surface area contributed by atoms with E-state index in [9.17, 15) is 14.9 Å². The molecule has 1 aromatic rings. The summed E-state index contributed by atoms with van der Waals surface area (Å²) in [5, 5.41) is 13.6. The molecule has 1 heterocycles. The van der Waals surface area contributed by atoms with Crippen LogP contribution in [-0.2, 0) is 22.4 Å². The average Bonchev–Trinajstić information content (AvgIpc) is 2.96. The zero-order chi connectivity index (χ0) is 17.0. The fraction of sp³-hybridized carbons (Fsp3) is 0.588. The number of thiophene rings is 1. The van der Waals surface area contributed by atoms with Gasteiger partial charge in [-0.2, -0.15) is 5.26 Å². The number of nitrogens with zero attached hydrogens (tertiary/aromatic N) is 1. The summed E-state index contributed by atoms with van der Waals surface area (Å²) in [6.07, 6.45) is 4.16. The van der Waals surface area contributed by atoms with Gasteiger partial charge in [0.15, 0.2) is 6.61 Å². The van der Waals surface area contributed by atoms with E-state index >= 15 is 0 Å². The Kier molecular flexibility index (Phi) is 5.42. The first kappa shape index (κ1) is 17.5. The Morgan fingerprint density at radius 2 is 2.13 bits per heavy atom. The van der Waals surface area contributed by atoms with Crippen LogP contribution in [0.1, 0.15) is 54.4 Å². The first-order valence-corrected chi connectivity index (χ1v) is 8.74. The Morgan fingerprint density at radius 3 is 2.78 bits per heavy atom. The zero-order valence-electron chi connectivity index (χ0n) is 13.8. The van der Waals surface area contributed by atoms with Crippen molar-refractivity contribution in [1.82, 2.24) is 5.32 Å². The van der Waals surface area contributed by atoms with E-state index in [4.69, 9.17) is 4.74 Å². The molecular weight excluding hydrogens is 312 g/mol. The van der Waals surface area contributed by atoms with Gasteiger partial charge in [0.05, 0.1) is 11.6 Å². The maximum absolute atomic E-state index is 12.2. The minimum Gasteiger partial charge on any atom is -0.452 e. The van der Waals surface area contributed by atoms with Gasteiger partial charge in [0.1, 0.15) is 5.54 Å². The van der Waals surface area contributed by atoms with Crippen LogP contribution in [0, 0.1) is 17.2 Å². The Balaban J connectivity index is 1.93. The number of hydrogen-bond donors (Lipinski definition) is 1. The molecule has 0 radical (unpaired) electrons. The molecule has 0 unspecified atom stereocenters. The van der Waals surface area contributed by atoms with E-state index in [1.54, 1.807) is 18.3 Å². The predicted octanol–water partition coefficient (Wildman–Crippen LogP) is 2.84. The smallest absolute Gasteiger partial charge is 0.339 e. The van der Waals surface area contributed by atoms with Crippen LogP contribution in [0.5, 0.6) is 0 Å². The molecule has 1 aliphatic rings. The lowest BCUT2D eigenvalue weighted by Gasteiger charge is -2.27. The van der Waals surface area contributed by atoms with Crippen molar-refractivity contribution in [1.29, 1.82) is 5.26 Å². The van der Waals surface area contributed by atoms with E-state index < -0.39 is 17.4 Å². The molecule has 0 spiro atoms. The third kappa shape index (κ3) is 3.91. The lowest BCUT2D eigenvalue weighted by molar-refractivity contribution is -0.125. The van der Waals surface area contributed by atoms with E-state index in [0.29, 0.717) is 5.56 Å². The van der Waals surface area contributed by atoms with Gasteiger partial charge in [-0.05, 0) is 44.1 Å². The average molecular weight is 334 g/mol. The van der Waals surface area contributed by atoms with Crippen LogP contribution in [0.2, 0.25) is 0 Å². The fourth-order valence-electron chi connectivity index (χ4n) is 2.50. The summed E-state index contributed by atoms with van der Waals surface area (Å²) < 4.78 is 5.13. The molecule has 1 aliphatic carbocycles. The maximum atomic E-state index is 12.2. The van der Waals surface area contributed by atoms with E-state index in [1.165, 1.54) is 4.88 Å². The number of aryl methyl sites for hydroxylation is 1. The van der Waals surface area contributed by atoms with Crippen molar-refractivity contribution >= 4 is 23.2 Å². The quantitative estimate of drug-likeness (QED) is 0.840. The standard InChI is InChI=1S/C17H22N2O3S/c1-11(2)17(3,10-18)19-15(20)8-22-16(21)13-9-23-14-7-5-4-6-12(13)14/h9,11H,4-8H2,1-3H3,(H,19,20)/t17-/m0/s1. The fourth-order valence-corrected chi connectivity index (χ4v) is 3.62. The van der Waals surface area contributed by atoms with Gasteiger partial charge in [0.25, 0.3) is 5.91 Å². The summed E-state index contributed by atoms with van der Waals surface area (Å²) in [6, 6.07) is 2.09. The van der Waals surface area contributed by atoms with Crippen molar-refractivity contribution in [3.8, 4) is 6.07 Å². The molecule has 0 saturated heterocycles. The number of carbonyl (C=O) groups excluding carboxylic acids is 2. The number of rotatable bonds is 5. The number of amides is 1. The molecular formula is C17H22N2O3S. The van der Waals surface area contributed by atoms with Gasteiger partial charge in [0, 0.05) is 10.3 Å². The third-order valence-electron chi connectivity index (χ3n) is 4.40. The van der Waals surface area contributed by atoms with Crippen molar-refractivity contribution in [2.45, 2.75) is 52.0 Å². The summed E-state index contributed by atoms with van der Waals surface area (Å²) in [7, 11) is 0. The van der Waals surface area contributed by atoms with Crippen molar-refractivity contribution < 1.29 is 14.3 Å². The number of nitrogens with one attached hydrogen (secondary N) is 1. The number of nitriles is 1. The van der Waals surface area contributed by atoms with Gasteiger partial charge in [-0.3, -0.25) is 4.79 Å². The zero-order valence-corrected chi connectivity index (χ0v) is 14.6. The second-order valence-corrected chi connectivity index (χ2v) is 7.32. The third-order valence-corrected chi connectivity index (χ3v) is 5.49. The van der Waals surface area contributed by atoms with Crippen molar-refractivity contribution in [2.75, 3.05) is 6.61 Å². The van der Waals surface area contributed by atoms with Crippen molar-refractivity contribution in [3.63, 3.8) is 0 Å². The summed E-state index contributed by atoms with van der Waals surface area (Å²) in [5.74, 6) is -0.959. The summed E-state index contributed by atoms with van der Waals surface area (Å²) in [6.45, 7) is 5.00. The Labute approximate surface area is 140 Å². The van der Waals surface area contributed by atoms with Gasteiger partial charge in [-0.1, -0.05) is 13.8 Å². The molecule has 0 bridgehead atoms. The maximum Gasteiger partial charge on any atom is 0.339 e. The number of fused-ring (bicyclic) bond motifs is 1. The molecule has 0 fully saturated rings. The summed E-state index contributed by atoms with van der Waals surface area (Å²) in [4.78, 5) is 25.4. The van der Waals surface area contributed by atoms with Crippen molar-refractivity contribution in [2.24, 2.45) is 5.92 Å². The second kappa shape index (κ2) is 7.14. The van der Waals surface area contributed by atoms with E-state index in [1.807, 2.05) is 19.2 Å². The number of esters is 1. The molecule has 124 valence electrons. The van der Waals surface area contributed by atoms with Crippen LogP contribution >= 0.6 is 11.3 Å². The first-order chi connectivity index (χ1) is 10.9. The topological polar surface area (TPSA) is 79.2 Å².